The summed E-state index contributed by atoms with van der Waals surface area (Å²) in [5.41, 5.74) is 6.71. The van der Waals surface area contributed by atoms with E-state index in [1.165, 1.54) is 6.20 Å². The van der Waals surface area contributed by atoms with E-state index in [2.05, 4.69) is 20.4 Å². The van der Waals surface area contributed by atoms with Gasteiger partial charge in [0.25, 0.3) is 0 Å². The third-order valence-electron chi connectivity index (χ3n) is 3.65. The van der Waals surface area contributed by atoms with Crippen LogP contribution < -0.4 is 5.73 Å². The standard InChI is InChI=1S/C21H18N6O/c22-21(28)27-24-16-9-7-5-3-1-2-4-6-8-11-18-17-12-10-15-23-19(17)13-14-20(18)25-26-27/h1-16H,(H2,22,28). The molecule has 2 aromatic heterocycles. The molecule has 0 aliphatic rings. The Morgan fingerprint density at radius 1 is 0.714 bits per heavy atom. The van der Waals surface area contributed by atoms with Crippen LogP contribution in [0.1, 0.15) is 0 Å². The van der Waals surface area contributed by atoms with Gasteiger partial charge in [-0.3, -0.25) is 4.98 Å². The molecule has 2 N–H and O–H groups in total. The molecule has 0 fully saturated rings. The Bertz CT molecular complexity index is 1170. The Labute approximate surface area is 161 Å². The molecule has 1 aromatic carbocycles. The van der Waals surface area contributed by atoms with Gasteiger partial charge in [0, 0.05) is 23.2 Å². The van der Waals surface area contributed by atoms with E-state index < -0.39 is 6.03 Å². The van der Waals surface area contributed by atoms with Gasteiger partial charge in [-0.15, -0.1) is 5.10 Å². The van der Waals surface area contributed by atoms with Crippen LogP contribution in [0.2, 0.25) is 0 Å². The lowest BCUT2D eigenvalue weighted by molar-refractivity contribution is 0.242. The maximum Gasteiger partial charge on any atom is 0.358 e. The van der Waals surface area contributed by atoms with Crippen LogP contribution >= 0.6 is 0 Å². The SMILES string of the molecule is NC(=O)n1ncccccccccccc2c(ccc3ncccc32)nn1. The fourth-order valence-corrected chi connectivity index (χ4v) is 2.39. The first kappa shape index (κ1) is 18.7. The van der Waals surface area contributed by atoms with Gasteiger partial charge in [-0.2, -0.15) is 5.10 Å². The number of rotatable bonds is 0. The van der Waals surface area contributed by atoms with E-state index in [0.717, 1.165) is 21.1 Å². The number of pyridine rings is 1. The van der Waals surface area contributed by atoms with Crippen LogP contribution in [0.5, 0.6) is 0 Å². The lowest BCUT2D eigenvalue weighted by Crippen LogP contribution is -2.24. The Hall–Kier alpha value is -4.13. The normalized spacial score (nSPS) is 9.71. The van der Waals surface area contributed by atoms with E-state index in [0.29, 0.717) is 5.52 Å². The molecule has 0 atom stereocenters. The fourth-order valence-electron chi connectivity index (χ4n) is 2.39. The lowest BCUT2D eigenvalue weighted by atomic mass is 10.1. The van der Waals surface area contributed by atoms with E-state index in [9.17, 15) is 4.79 Å². The van der Waals surface area contributed by atoms with Crippen LogP contribution in [-0.2, 0) is 0 Å². The number of amides is 1. The first-order valence-corrected chi connectivity index (χ1v) is 8.52. The van der Waals surface area contributed by atoms with Gasteiger partial charge < -0.3 is 5.73 Å². The molecule has 0 unspecified atom stereocenters. The van der Waals surface area contributed by atoms with E-state index in [4.69, 9.17) is 5.73 Å². The van der Waals surface area contributed by atoms with Crippen LogP contribution in [0, 0.1) is 0 Å². The molecule has 0 spiro atoms. The van der Waals surface area contributed by atoms with E-state index in [1.54, 1.807) is 24.4 Å². The van der Waals surface area contributed by atoms with Gasteiger partial charge in [0.1, 0.15) is 0 Å². The maximum absolute atomic E-state index is 11.6. The van der Waals surface area contributed by atoms with Crippen molar-refractivity contribution >= 4 is 27.8 Å². The predicted octanol–water partition coefficient (Wildman–Crippen LogP) is 3.67. The molecule has 0 bridgehead atoms. The van der Waals surface area contributed by atoms with Crippen LogP contribution in [0.15, 0.2) is 97.3 Å². The number of nitrogens with two attached hydrogens (primary N) is 1. The topological polar surface area (TPSA) is 99.6 Å². The van der Waals surface area contributed by atoms with Gasteiger partial charge in [0.15, 0.2) is 0 Å². The van der Waals surface area contributed by atoms with Crippen molar-refractivity contribution in [2.24, 2.45) is 5.73 Å². The number of fused-ring (bicyclic) bond motifs is 3. The first-order chi connectivity index (χ1) is 13.8. The second-order valence-electron chi connectivity index (χ2n) is 5.55. The van der Waals surface area contributed by atoms with E-state index in [1.807, 2.05) is 66.7 Å². The number of aromatic nitrogens is 5. The molecular weight excluding hydrogens is 352 g/mol. The van der Waals surface area contributed by atoms with Crippen molar-refractivity contribution in [2.45, 2.75) is 0 Å². The summed E-state index contributed by atoms with van der Waals surface area (Å²) in [5, 5.41) is 13.7. The monoisotopic (exact) mass is 370 g/mol. The minimum atomic E-state index is -0.840. The average Bonchev–Trinajstić information content (AvgIpc) is 2.71. The molecule has 7 heteroatoms. The zero-order valence-electron chi connectivity index (χ0n) is 15.0. The number of nitrogens with zero attached hydrogens (tertiary/aromatic N) is 5. The average molecular weight is 370 g/mol. The van der Waals surface area contributed by atoms with Crippen molar-refractivity contribution in [3.8, 4) is 0 Å². The summed E-state index contributed by atoms with van der Waals surface area (Å²) < 4.78 is 0. The highest BCUT2D eigenvalue weighted by Crippen LogP contribution is 2.20. The van der Waals surface area contributed by atoms with Crippen LogP contribution in [-0.4, -0.2) is 31.2 Å². The van der Waals surface area contributed by atoms with Gasteiger partial charge in [-0.05, 0) is 29.5 Å². The molecule has 3 rings (SSSR count). The minimum absolute atomic E-state index is 0.559. The summed E-state index contributed by atoms with van der Waals surface area (Å²) >= 11 is 0. The van der Waals surface area contributed by atoms with Gasteiger partial charge in [-0.25, -0.2) is 4.79 Å². The molecule has 2 heterocycles. The second-order valence-corrected chi connectivity index (χ2v) is 5.55. The third kappa shape index (κ3) is 4.95. The molecule has 1 amide bonds. The molecule has 28 heavy (non-hydrogen) atoms. The van der Waals surface area contributed by atoms with Gasteiger partial charge in [-0.1, -0.05) is 65.5 Å². The Morgan fingerprint density at radius 3 is 2.07 bits per heavy atom. The van der Waals surface area contributed by atoms with Crippen molar-refractivity contribution in [2.75, 3.05) is 0 Å². The highest BCUT2D eigenvalue weighted by molar-refractivity contribution is 6.04. The molecule has 0 saturated heterocycles. The van der Waals surface area contributed by atoms with Gasteiger partial charge in [0.05, 0.1) is 11.0 Å². The summed E-state index contributed by atoms with van der Waals surface area (Å²) in [5.74, 6) is 0. The number of benzene rings is 1. The van der Waals surface area contributed by atoms with E-state index >= 15 is 0 Å². The Balaban J connectivity index is 2.36. The molecule has 3 aromatic rings. The highest BCUT2D eigenvalue weighted by atomic mass is 16.2. The van der Waals surface area contributed by atoms with Crippen molar-refractivity contribution in [3.05, 3.63) is 97.3 Å². The van der Waals surface area contributed by atoms with Crippen LogP contribution in [0.4, 0.5) is 4.79 Å². The first-order valence-electron chi connectivity index (χ1n) is 8.52. The third-order valence-corrected chi connectivity index (χ3v) is 3.65. The lowest BCUT2D eigenvalue weighted by Gasteiger charge is -1.99. The minimum Gasteiger partial charge on any atom is -0.348 e. The maximum atomic E-state index is 11.6. The number of hydrogen-bond acceptors (Lipinski definition) is 5. The molecule has 0 aliphatic carbocycles. The molecular formula is C21H18N6O. The number of primary amides is 1. The van der Waals surface area contributed by atoms with Crippen molar-refractivity contribution in [1.29, 1.82) is 0 Å². The molecule has 7 nitrogen and oxygen atoms in total. The second kappa shape index (κ2) is 9.54. The fraction of sp³-hybridized carbons (Fsp3) is 0. The molecule has 0 saturated carbocycles. The zero-order valence-corrected chi connectivity index (χ0v) is 15.0. The summed E-state index contributed by atoms with van der Waals surface area (Å²) in [6, 6.07) is 25.2. The smallest absolute Gasteiger partial charge is 0.348 e. The predicted molar refractivity (Wildman–Crippen MR) is 108 cm³/mol. The molecule has 0 radical (unpaired) electrons. The zero-order chi connectivity index (χ0) is 19.6. The van der Waals surface area contributed by atoms with Gasteiger partial charge >= 0.3 is 6.03 Å². The summed E-state index contributed by atoms with van der Waals surface area (Å²) in [4.78, 5) is 16.7. The van der Waals surface area contributed by atoms with Gasteiger partial charge in [0.2, 0.25) is 0 Å². The summed E-state index contributed by atoms with van der Waals surface area (Å²) in [7, 11) is 0. The largest absolute Gasteiger partial charge is 0.358 e. The van der Waals surface area contributed by atoms with Crippen LogP contribution in [0.25, 0.3) is 21.8 Å². The van der Waals surface area contributed by atoms with Crippen molar-refractivity contribution in [3.63, 3.8) is 0 Å². The van der Waals surface area contributed by atoms with Crippen molar-refractivity contribution < 1.29 is 4.79 Å². The number of hydrogen-bond donors (Lipinski definition) is 1. The van der Waals surface area contributed by atoms with Crippen molar-refractivity contribution in [1.82, 2.24) is 25.2 Å². The highest BCUT2D eigenvalue weighted by Gasteiger charge is 2.00. The number of carbonyl (C=O) groups is 1. The molecule has 0 aliphatic heterocycles. The quantitative estimate of drug-likeness (QED) is 0.651. The number of carbonyl (C=O) groups excluding carboxylic acids is 1. The van der Waals surface area contributed by atoms with E-state index in [-0.39, 0.29) is 0 Å². The molecule has 138 valence electrons. The summed E-state index contributed by atoms with van der Waals surface area (Å²) in [6.45, 7) is 0. The Kier molecular flexibility index (Phi) is 6.35. The van der Waals surface area contributed by atoms with Crippen LogP contribution in [0.3, 0.4) is 0 Å². The summed E-state index contributed by atoms with van der Waals surface area (Å²) in [6.07, 6.45) is 3.13. The Morgan fingerprint density at radius 2 is 1.32 bits per heavy atom.